The van der Waals surface area contributed by atoms with Crippen molar-refractivity contribution >= 4 is 0 Å². The Labute approximate surface area is 136 Å². The van der Waals surface area contributed by atoms with E-state index in [1.165, 1.54) is 12.8 Å². The van der Waals surface area contributed by atoms with Crippen molar-refractivity contribution in [3.63, 3.8) is 0 Å². The third-order valence-electron chi connectivity index (χ3n) is 4.39. The highest BCUT2D eigenvalue weighted by molar-refractivity contribution is 5.04. The molecule has 0 radical (unpaired) electrons. The van der Waals surface area contributed by atoms with Crippen molar-refractivity contribution in [3.05, 3.63) is 29.7 Å². The molecule has 0 unspecified atom stereocenters. The number of rotatable bonds is 5. The number of aliphatic hydroxyl groups is 1. The maximum absolute atomic E-state index is 10.1. The van der Waals surface area contributed by atoms with Gasteiger partial charge in [-0.25, -0.2) is 9.67 Å². The van der Waals surface area contributed by atoms with E-state index in [1.54, 1.807) is 20.0 Å². The van der Waals surface area contributed by atoms with Crippen LogP contribution in [0.3, 0.4) is 0 Å². The van der Waals surface area contributed by atoms with Crippen LogP contribution in [0.5, 0.6) is 0 Å². The lowest BCUT2D eigenvalue weighted by molar-refractivity contribution is 0.0736. The monoisotopic (exact) mass is 319 g/mol. The summed E-state index contributed by atoms with van der Waals surface area (Å²) in [5.74, 6) is 1.54. The first-order chi connectivity index (χ1) is 10.9. The van der Waals surface area contributed by atoms with E-state index in [1.807, 2.05) is 17.8 Å². The van der Waals surface area contributed by atoms with Gasteiger partial charge in [-0.05, 0) is 33.6 Å². The number of aryl methyl sites for hydroxylation is 1. The minimum Gasteiger partial charge on any atom is -0.445 e. The van der Waals surface area contributed by atoms with Crippen molar-refractivity contribution in [1.82, 2.24) is 25.3 Å². The second-order valence-electron chi connectivity index (χ2n) is 6.85. The van der Waals surface area contributed by atoms with E-state index >= 15 is 0 Å². The van der Waals surface area contributed by atoms with Crippen LogP contribution in [0.2, 0.25) is 0 Å². The summed E-state index contributed by atoms with van der Waals surface area (Å²) in [6.07, 6.45) is 8.12. The first-order valence-corrected chi connectivity index (χ1v) is 8.23. The molecule has 1 saturated carbocycles. The van der Waals surface area contributed by atoms with Crippen LogP contribution >= 0.6 is 0 Å². The molecular weight excluding hydrogens is 294 g/mol. The minimum absolute atomic E-state index is 0.239. The van der Waals surface area contributed by atoms with E-state index in [9.17, 15) is 5.11 Å². The molecule has 0 aliphatic heterocycles. The Morgan fingerprint density at radius 3 is 2.83 bits per heavy atom. The lowest BCUT2D eigenvalue weighted by Crippen LogP contribution is -2.39. The molecule has 0 amide bonds. The molecule has 7 heteroatoms. The average Bonchev–Trinajstić information content (AvgIpc) is 3.14. The van der Waals surface area contributed by atoms with Crippen LogP contribution in [0.1, 0.15) is 62.9 Å². The zero-order valence-corrected chi connectivity index (χ0v) is 14.0. The summed E-state index contributed by atoms with van der Waals surface area (Å²) in [7, 11) is 0. The summed E-state index contributed by atoms with van der Waals surface area (Å²) in [5.41, 5.74) is -0.365. The Hall–Kier alpha value is -1.73. The molecule has 2 N–H and O–H groups in total. The summed E-state index contributed by atoms with van der Waals surface area (Å²) in [5, 5.41) is 22.0. The van der Waals surface area contributed by atoms with Crippen LogP contribution in [0, 0.1) is 6.92 Å². The van der Waals surface area contributed by atoms with Crippen LogP contribution in [0.15, 0.2) is 16.8 Å². The predicted octanol–water partition coefficient (Wildman–Crippen LogP) is 2.08. The molecule has 2 aromatic rings. The van der Waals surface area contributed by atoms with Gasteiger partial charge in [0.25, 0.3) is 0 Å². The molecule has 7 nitrogen and oxygen atoms in total. The molecule has 0 bridgehead atoms. The smallest absolute Gasteiger partial charge is 0.208 e. The Kier molecular flexibility index (Phi) is 4.50. The van der Waals surface area contributed by atoms with E-state index in [4.69, 9.17) is 4.42 Å². The fourth-order valence-electron chi connectivity index (χ4n) is 3.09. The number of nitrogens with zero attached hydrogens (tertiary/aromatic N) is 4. The third kappa shape index (κ3) is 3.79. The lowest BCUT2D eigenvalue weighted by Gasteiger charge is -2.31. The van der Waals surface area contributed by atoms with Gasteiger partial charge in [0.05, 0.1) is 25.0 Å². The van der Waals surface area contributed by atoms with Gasteiger partial charge in [-0.3, -0.25) is 0 Å². The van der Waals surface area contributed by atoms with Gasteiger partial charge < -0.3 is 14.8 Å². The zero-order valence-electron chi connectivity index (χ0n) is 14.0. The molecule has 0 aromatic carbocycles. The second-order valence-corrected chi connectivity index (χ2v) is 6.85. The van der Waals surface area contributed by atoms with E-state index in [0.717, 1.165) is 18.6 Å². The van der Waals surface area contributed by atoms with E-state index < -0.39 is 5.60 Å². The molecule has 1 aliphatic carbocycles. The van der Waals surface area contributed by atoms with Gasteiger partial charge in [-0.15, -0.1) is 5.10 Å². The first-order valence-electron chi connectivity index (χ1n) is 8.23. The molecule has 1 fully saturated rings. The molecule has 0 spiro atoms. The van der Waals surface area contributed by atoms with Crippen LogP contribution < -0.4 is 5.32 Å². The summed E-state index contributed by atoms with van der Waals surface area (Å²) >= 11 is 0. The largest absolute Gasteiger partial charge is 0.445 e. The summed E-state index contributed by atoms with van der Waals surface area (Å²) in [6, 6.07) is 0.538. The van der Waals surface area contributed by atoms with Crippen LogP contribution in [-0.4, -0.2) is 31.1 Å². The van der Waals surface area contributed by atoms with Crippen molar-refractivity contribution in [2.24, 2.45) is 0 Å². The Morgan fingerprint density at radius 1 is 1.39 bits per heavy atom. The van der Waals surface area contributed by atoms with Gasteiger partial charge in [0, 0.05) is 6.04 Å². The highest BCUT2D eigenvalue weighted by Gasteiger charge is 2.29. The van der Waals surface area contributed by atoms with Crippen LogP contribution in [0.4, 0.5) is 0 Å². The Morgan fingerprint density at radius 2 is 2.17 bits per heavy atom. The molecule has 126 valence electrons. The first kappa shape index (κ1) is 16.1. The second kappa shape index (κ2) is 6.41. The fraction of sp³-hybridized carbons (Fsp3) is 0.688. The van der Waals surface area contributed by atoms with E-state index in [2.05, 4.69) is 20.6 Å². The van der Waals surface area contributed by atoms with E-state index in [-0.39, 0.29) is 6.04 Å². The number of aromatic nitrogens is 4. The maximum Gasteiger partial charge on any atom is 0.208 e. The fourth-order valence-corrected chi connectivity index (χ4v) is 3.09. The molecule has 23 heavy (non-hydrogen) atoms. The van der Waals surface area contributed by atoms with Gasteiger partial charge in [0.2, 0.25) is 5.89 Å². The average molecular weight is 319 g/mol. The number of hydrogen-bond acceptors (Lipinski definition) is 6. The predicted molar refractivity (Wildman–Crippen MR) is 84.6 cm³/mol. The molecule has 1 aliphatic rings. The van der Waals surface area contributed by atoms with Crippen molar-refractivity contribution in [2.45, 2.75) is 70.7 Å². The zero-order chi connectivity index (χ0) is 16.4. The Balaban J connectivity index is 1.69. The van der Waals surface area contributed by atoms with Crippen molar-refractivity contribution < 1.29 is 9.52 Å². The standard InChI is InChI=1S/C16H25N5O2/c1-11-8-18-15(23-11)9-17-12-6-4-5-7-13(12)21-10-14(19-20-21)16(2,3)22/h8,10,12-13,17,22H,4-7,9H2,1-3H3/t12-,13+/m0/s1. The van der Waals surface area contributed by atoms with Gasteiger partial charge in [0.15, 0.2) is 0 Å². The highest BCUT2D eigenvalue weighted by atomic mass is 16.4. The molecule has 2 atom stereocenters. The normalized spacial score (nSPS) is 22.4. The quantitative estimate of drug-likeness (QED) is 0.877. The summed E-state index contributed by atoms with van der Waals surface area (Å²) in [6.45, 7) is 5.96. The summed E-state index contributed by atoms with van der Waals surface area (Å²) in [4.78, 5) is 4.24. The molecule has 3 rings (SSSR count). The molecule has 0 saturated heterocycles. The highest BCUT2D eigenvalue weighted by Crippen LogP contribution is 2.29. The minimum atomic E-state index is -0.967. The van der Waals surface area contributed by atoms with E-state index in [0.29, 0.717) is 24.2 Å². The van der Waals surface area contributed by atoms with Gasteiger partial charge in [0.1, 0.15) is 17.1 Å². The molecule has 2 aromatic heterocycles. The van der Waals surface area contributed by atoms with Crippen LogP contribution in [0.25, 0.3) is 0 Å². The SMILES string of the molecule is Cc1cnc(CN[C@H]2CCCC[C@H]2n2cc(C(C)(C)O)nn2)o1. The number of oxazole rings is 1. The lowest BCUT2D eigenvalue weighted by atomic mass is 9.90. The van der Waals surface area contributed by atoms with Crippen molar-refractivity contribution in [3.8, 4) is 0 Å². The van der Waals surface area contributed by atoms with Crippen molar-refractivity contribution in [2.75, 3.05) is 0 Å². The van der Waals surface area contributed by atoms with Crippen LogP contribution in [-0.2, 0) is 12.1 Å². The van der Waals surface area contributed by atoms with Gasteiger partial charge >= 0.3 is 0 Å². The van der Waals surface area contributed by atoms with Gasteiger partial charge in [-0.1, -0.05) is 18.1 Å². The Bertz CT molecular complexity index is 643. The maximum atomic E-state index is 10.1. The molecule has 2 heterocycles. The number of nitrogens with one attached hydrogen (secondary N) is 1. The topological polar surface area (TPSA) is 89.0 Å². The van der Waals surface area contributed by atoms with Gasteiger partial charge in [-0.2, -0.15) is 0 Å². The summed E-state index contributed by atoms with van der Waals surface area (Å²) < 4.78 is 7.42. The van der Waals surface area contributed by atoms with Crippen molar-refractivity contribution in [1.29, 1.82) is 0 Å². The molecular formula is C16H25N5O2. The number of hydrogen-bond donors (Lipinski definition) is 2. The third-order valence-corrected chi connectivity index (χ3v) is 4.39.